The Morgan fingerprint density at radius 3 is 2.58 bits per heavy atom. The number of esters is 1. The molecule has 1 aliphatic heterocycles. The van der Waals surface area contributed by atoms with E-state index in [2.05, 4.69) is 23.8 Å². The second kappa shape index (κ2) is 12.0. The van der Waals surface area contributed by atoms with E-state index >= 15 is 0 Å². The molecule has 0 radical (unpaired) electrons. The molecule has 0 unspecified atom stereocenters. The summed E-state index contributed by atoms with van der Waals surface area (Å²) in [5, 5.41) is 5.58. The van der Waals surface area contributed by atoms with Gasteiger partial charge < -0.3 is 14.5 Å². The van der Waals surface area contributed by atoms with Crippen molar-refractivity contribution in [3.05, 3.63) is 42.4 Å². The number of nitrogens with zero attached hydrogens (tertiary/aromatic N) is 6. The third kappa shape index (κ3) is 5.83. The van der Waals surface area contributed by atoms with Crippen molar-refractivity contribution >= 4 is 28.7 Å². The summed E-state index contributed by atoms with van der Waals surface area (Å²) >= 11 is 0. The van der Waals surface area contributed by atoms with E-state index in [9.17, 15) is 9.59 Å². The Hall–Kier alpha value is -3.49. The Morgan fingerprint density at radius 2 is 1.83 bits per heavy atom. The quantitative estimate of drug-likeness (QED) is 0.415. The van der Waals surface area contributed by atoms with Crippen LogP contribution < -0.4 is 4.90 Å². The molecular formula is C27H36N6O3. The zero-order valence-electron chi connectivity index (χ0n) is 21.5. The Bertz CT molecular complexity index is 1180. The van der Waals surface area contributed by atoms with Crippen LogP contribution in [0.15, 0.2) is 36.5 Å². The molecule has 192 valence electrons. The van der Waals surface area contributed by atoms with Gasteiger partial charge in [-0.25, -0.2) is 14.6 Å². The maximum absolute atomic E-state index is 12.8. The van der Waals surface area contributed by atoms with E-state index in [1.165, 1.54) is 0 Å². The number of hydrogen-bond donors (Lipinski definition) is 0. The summed E-state index contributed by atoms with van der Waals surface area (Å²) in [5.41, 5.74) is 1.76. The molecule has 1 amide bonds. The van der Waals surface area contributed by atoms with E-state index < -0.39 is 0 Å². The van der Waals surface area contributed by atoms with Crippen LogP contribution in [0.5, 0.6) is 0 Å². The monoisotopic (exact) mass is 492 g/mol. The van der Waals surface area contributed by atoms with Crippen LogP contribution >= 0.6 is 0 Å². The lowest BCUT2D eigenvalue weighted by Crippen LogP contribution is -2.35. The maximum atomic E-state index is 12.8. The highest BCUT2D eigenvalue weighted by atomic mass is 16.5. The van der Waals surface area contributed by atoms with Crippen molar-refractivity contribution in [3.63, 3.8) is 0 Å². The van der Waals surface area contributed by atoms with E-state index in [0.29, 0.717) is 26.2 Å². The first-order valence-corrected chi connectivity index (χ1v) is 13.0. The fraction of sp³-hybridized carbons (Fsp3) is 0.519. The summed E-state index contributed by atoms with van der Waals surface area (Å²) in [6.07, 6.45) is 5.04. The van der Waals surface area contributed by atoms with Gasteiger partial charge in [0.1, 0.15) is 11.6 Å². The van der Waals surface area contributed by atoms with Gasteiger partial charge in [0.05, 0.1) is 30.3 Å². The molecule has 3 aromatic rings. The summed E-state index contributed by atoms with van der Waals surface area (Å²) in [7, 11) is 0. The lowest BCUT2D eigenvalue weighted by atomic mass is 10.1. The lowest BCUT2D eigenvalue weighted by Gasteiger charge is -2.24. The van der Waals surface area contributed by atoms with E-state index in [1.54, 1.807) is 6.92 Å². The third-order valence-electron chi connectivity index (χ3n) is 6.59. The maximum Gasteiger partial charge on any atom is 0.306 e. The van der Waals surface area contributed by atoms with Gasteiger partial charge in [-0.3, -0.25) is 9.59 Å². The van der Waals surface area contributed by atoms with Crippen molar-refractivity contribution in [2.45, 2.75) is 58.8 Å². The minimum Gasteiger partial charge on any atom is -0.466 e. The summed E-state index contributed by atoms with van der Waals surface area (Å²) < 4.78 is 6.84. The predicted molar refractivity (Wildman–Crippen MR) is 139 cm³/mol. The second-order valence-electron chi connectivity index (χ2n) is 9.25. The minimum absolute atomic E-state index is 0.00751. The summed E-state index contributed by atoms with van der Waals surface area (Å²) in [6.45, 7) is 9.14. The van der Waals surface area contributed by atoms with Gasteiger partial charge in [0.2, 0.25) is 5.91 Å². The van der Waals surface area contributed by atoms with Crippen LogP contribution in [0.3, 0.4) is 0 Å². The van der Waals surface area contributed by atoms with Crippen molar-refractivity contribution in [2.24, 2.45) is 0 Å². The first-order valence-electron chi connectivity index (χ1n) is 13.0. The summed E-state index contributed by atoms with van der Waals surface area (Å²) in [5.74, 6) is 1.59. The number of amides is 1. The SMILES string of the molecule is CCC[C@H](C)c1nc(N2CCCN(C(=O)CCC(=O)OCC)CC2)c2cnn(-c3ccccc3)c2n1. The second-order valence-corrected chi connectivity index (χ2v) is 9.25. The normalized spacial score (nSPS) is 15.1. The predicted octanol–water partition coefficient (Wildman–Crippen LogP) is 4.10. The fourth-order valence-corrected chi connectivity index (χ4v) is 4.67. The number of rotatable bonds is 9. The number of anilines is 1. The Balaban J connectivity index is 1.59. The molecule has 9 nitrogen and oxygen atoms in total. The molecule has 36 heavy (non-hydrogen) atoms. The summed E-state index contributed by atoms with van der Waals surface area (Å²) in [6, 6.07) is 10.0. The largest absolute Gasteiger partial charge is 0.466 e. The highest BCUT2D eigenvalue weighted by Crippen LogP contribution is 2.29. The average molecular weight is 493 g/mol. The third-order valence-corrected chi connectivity index (χ3v) is 6.59. The Morgan fingerprint density at radius 1 is 1.03 bits per heavy atom. The van der Waals surface area contributed by atoms with Crippen LogP contribution in [0.2, 0.25) is 0 Å². The molecule has 1 aromatic carbocycles. The number of para-hydroxylation sites is 1. The fourth-order valence-electron chi connectivity index (χ4n) is 4.67. The number of carbonyl (C=O) groups excluding carboxylic acids is 2. The van der Waals surface area contributed by atoms with Crippen LogP contribution in [-0.2, 0) is 14.3 Å². The molecule has 9 heteroatoms. The molecule has 0 aliphatic carbocycles. The van der Waals surface area contributed by atoms with E-state index in [0.717, 1.165) is 54.2 Å². The highest BCUT2D eigenvalue weighted by Gasteiger charge is 2.25. The van der Waals surface area contributed by atoms with Crippen molar-refractivity contribution in [1.29, 1.82) is 0 Å². The number of ether oxygens (including phenoxy) is 1. The van der Waals surface area contributed by atoms with Crippen LogP contribution in [0.25, 0.3) is 16.7 Å². The first kappa shape index (κ1) is 25.6. The number of fused-ring (bicyclic) bond motifs is 1. The molecule has 1 atom stereocenters. The minimum atomic E-state index is -0.324. The average Bonchev–Trinajstić information content (AvgIpc) is 3.16. The molecule has 1 fully saturated rings. The van der Waals surface area contributed by atoms with E-state index in [-0.39, 0.29) is 30.6 Å². The van der Waals surface area contributed by atoms with Gasteiger partial charge in [-0.1, -0.05) is 38.5 Å². The van der Waals surface area contributed by atoms with Crippen molar-refractivity contribution in [3.8, 4) is 5.69 Å². The number of benzene rings is 1. The Labute approximate surface area is 212 Å². The van der Waals surface area contributed by atoms with Crippen LogP contribution in [-0.4, -0.2) is 69.3 Å². The van der Waals surface area contributed by atoms with Gasteiger partial charge in [-0.2, -0.15) is 5.10 Å². The van der Waals surface area contributed by atoms with Crippen molar-refractivity contribution in [1.82, 2.24) is 24.6 Å². The smallest absolute Gasteiger partial charge is 0.306 e. The molecule has 4 rings (SSSR count). The first-order chi connectivity index (χ1) is 17.5. The molecule has 0 saturated carbocycles. The molecule has 1 saturated heterocycles. The molecule has 3 heterocycles. The van der Waals surface area contributed by atoms with Gasteiger partial charge in [0.15, 0.2) is 5.65 Å². The van der Waals surface area contributed by atoms with E-state index in [4.69, 9.17) is 14.7 Å². The van der Waals surface area contributed by atoms with Crippen LogP contribution in [0.1, 0.15) is 64.6 Å². The van der Waals surface area contributed by atoms with Gasteiger partial charge in [0, 0.05) is 38.5 Å². The van der Waals surface area contributed by atoms with Gasteiger partial charge in [0.25, 0.3) is 0 Å². The van der Waals surface area contributed by atoms with E-state index in [1.807, 2.05) is 46.1 Å². The summed E-state index contributed by atoms with van der Waals surface area (Å²) in [4.78, 5) is 38.5. The topological polar surface area (TPSA) is 93.5 Å². The molecule has 0 spiro atoms. The number of hydrogen-bond acceptors (Lipinski definition) is 7. The van der Waals surface area contributed by atoms with Crippen molar-refractivity contribution in [2.75, 3.05) is 37.7 Å². The van der Waals surface area contributed by atoms with Crippen molar-refractivity contribution < 1.29 is 14.3 Å². The number of carbonyl (C=O) groups is 2. The van der Waals surface area contributed by atoms with Gasteiger partial charge in [-0.15, -0.1) is 0 Å². The zero-order valence-corrected chi connectivity index (χ0v) is 21.5. The van der Waals surface area contributed by atoms with Gasteiger partial charge >= 0.3 is 5.97 Å². The molecule has 0 N–H and O–H groups in total. The molecule has 1 aliphatic rings. The highest BCUT2D eigenvalue weighted by molar-refractivity contribution is 5.88. The standard InChI is InChI=1S/C27H36N6O3/c1-4-10-20(3)25-29-26(22-19-28-33(27(22)30-25)21-11-7-6-8-12-21)32-16-9-15-31(17-18-32)23(34)13-14-24(35)36-5-2/h6-8,11-12,19-20H,4-5,9-10,13-18H2,1-3H3/t20-/m0/s1. The van der Waals surface area contributed by atoms with Crippen LogP contribution in [0, 0.1) is 0 Å². The molecule has 2 aromatic heterocycles. The molecular weight excluding hydrogens is 456 g/mol. The van der Waals surface area contributed by atoms with Gasteiger partial charge in [-0.05, 0) is 31.9 Å². The van der Waals surface area contributed by atoms with Crippen LogP contribution in [0.4, 0.5) is 5.82 Å². The number of aromatic nitrogens is 4. The Kier molecular flexibility index (Phi) is 8.51. The lowest BCUT2D eigenvalue weighted by molar-refractivity contribution is -0.145. The zero-order chi connectivity index (χ0) is 25.5. The molecule has 0 bridgehead atoms.